The Morgan fingerprint density at radius 2 is 2.26 bits per heavy atom. The molecule has 1 fully saturated rings. The smallest absolute Gasteiger partial charge is 0.235 e. The van der Waals surface area contributed by atoms with Crippen molar-refractivity contribution in [1.82, 2.24) is 10.2 Å². The van der Waals surface area contributed by atoms with E-state index in [0.29, 0.717) is 4.34 Å². The number of nitrogens with zero attached hydrogens (tertiary/aromatic N) is 2. The minimum Gasteiger partial charge on any atom is -0.376 e. The largest absolute Gasteiger partial charge is 0.376 e. The van der Waals surface area contributed by atoms with Crippen molar-refractivity contribution in [2.24, 2.45) is 5.73 Å². The van der Waals surface area contributed by atoms with Crippen LogP contribution in [0.25, 0.3) is 0 Å². The number of hydrogen-bond acceptors (Lipinski definition) is 7. The van der Waals surface area contributed by atoms with Crippen molar-refractivity contribution in [3.05, 3.63) is 35.9 Å². The Bertz CT molecular complexity index is 644. The van der Waals surface area contributed by atoms with Gasteiger partial charge in [0.25, 0.3) is 0 Å². The average Bonchev–Trinajstić information content (AvgIpc) is 3.23. The summed E-state index contributed by atoms with van der Waals surface area (Å²) < 4.78 is 6.28. The molecule has 1 aromatic heterocycles. The molecule has 122 valence electrons. The zero-order chi connectivity index (χ0) is 16.1. The van der Waals surface area contributed by atoms with Crippen molar-refractivity contribution in [2.75, 3.05) is 18.5 Å². The molecule has 3 N–H and O–H groups in total. The molecule has 2 aromatic rings. The summed E-state index contributed by atoms with van der Waals surface area (Å²) in [6.45, 7) is 1.57. The summed E-state index contributed by atoms with van der Waals surface area (Å²) in [5.41, 5.74) is 6.40. The second kappa shape index (κ2) is 7.76. The second-order valence-electron chi connectivity index (χ2n) is 5.20. The quantitative estimate of drug-likeness (QED) is 0.746. The van der Waals surface area contributed by atoms with Gasteiger partial charge < -0.3 is 15.8 Å². The minimum absolute atomic E-state index is 0.248. The number of nitrogens with two attached hydrogens (primary N) is 1. The Balaban J connectivity index is 1.61. The van der Waals surface area contributed by atoms with Crippen molar-refractivity contribution in [2.45, 2.75) is 28.5 Å². The molecule has 1 aliphatic rings. The Labute approximate surface area is 142 Å². The maximum atomic E-state index is 11.7. The zero-order valence-electron chi connectivity index (χ0n) is 12.5. The molecule has 8 heteroatoms. The van der Waals surface area contributed by atoms with Crippen molar-refractivity contribution in [3.63, 3.8) is 0 Å². The number of aromatic nitrogens is 2. The lowest BCUT2D eigenvalue weighted by atomic mass is 10.1. The number of thioether (sulfide) groups is 1. The van der Waals surface area contributed by atoms with Crippen LogP contribution in [0.2, 0.25) is 0 Å². The summed E-state index contributed by atoms with van der Waals surface area (Å²) >= 11 is 2.75. The van der Waals surface area contributed by atoms with E-state index in [1.165, 1.54) is 23.1 Å². The summed E-state index contributed by atoms with van der Waals surface area (Å²) in [5, 5.41) is 11.8. The van der Waals surface area contributed by atoms with E-state index in [2.05, 4.69) is 15.5 Å². The van der Waals surface area contributed by atoms with Crippen LogP contribution in [0, 0.1) is 0 Å². The molecule has 0 spiro atoms. The van der Waals surface area contributed by atoms with Gasteiger partial charge in [0.05, 0.1) is 6.10 Å². The zero-order valence-corrected chi connectivity index (χ0v) is 14.1. The summed E-state index contributed by atoms with van der Waals surface area (Å²) in [7, 11) is 0. The molecule has 2 heterocycles. The molecular formula is C15H18N4O2S2. The van der Waals surface area contributed by atoms with E-state index >= 15 is 0 Å². The molecule has 1 saturated heterocycles. The first kappa shape index (κ1) is 16.2. The van der Waals surface area contributed by atoms with Crippen LogP contribution in [0.1, 0.15) is 23.7 Å². The van der Waals surface area contributed by atoms with Gasteiger partial charge in [-0.15, -0.1) is 10.2 Å². The topological polar surface area (TPSA) is 90.1 Å². The number of benzene rings is 1. The van der Waals surface area contributed by atoms with E-state index in [-0.39, 0.29) is 12.0 Å². The lowest BCUT2D eigenvalue weighted by Gasteiger charge is -2.11. The Hall–Kier alpha value is -1.64. The van der Waals surface area contributed by atoms with Crippen molar-refractivity contribution in [3.8, 4) is 0 Å². The van der Waals surface area contributed by atoms with Crippen LogP contribution in [0.15, 0.2) is 34.7 Å². The van der Waals surface area contributed by atoms with Crippen molar-refractivity contribution in [1.29, 1.82) is 0 Å². The van der Waals surface area contributed by atoms with Crippen LogP contribution in [0.5, 0.6) is 0 Å². The maximum Gasteiger partial charge on any atom is 0.235 e. The van der Waals surface area contributed by atoms with Gasteiger partial charge in [-0.25, -0.2) is 0 Å². The maximum absolute atomic E-state index is 11.7. The fourth-order valence-electron chi connectivity index (χ4n) is 2.35. The summed E-state index contributed by atoms with van der Waals surface area (Å²) in [5.74, 6) is -0.384. The molecule has 23 heavy (non-hydrogen) atoms. The van der Waals surface area contributed by atoms with Gasteiger partial charge in [0.15, 0.2) is 4.34 Å². The lowest BCUT2D eigenvalue weighted by Crippen LogP contribution is -2.18. The number of ether oxygens (including phenoxy) is 1. The van der Waals surface area contributed by atoms with E-state index in [1.54, 1.807) is 0 Å². The fraction of sp³-hybridized carbons (Fsp3) is 0.400. The van der Waals surface area contributed by atoms with E-state index in [1.807, 2.05) is 30.3 Å². The number of primary amides is 1. The summed E-state index contributed by atoms with van der Waals surface area (Å²) in [4.78, 5) is 11.7. The van der Waals surface area contributed by atoms with E-state index < -0.39 is 5.25 Å². The average molecular weight is 350 g/mol. The molecule has 1 aliphatic heterocycles. The number of hydrogen-bond donors (Lipinski definition) is 2. The molecule has 1 aromatic carbocycles. The minimum atomic E-state index is -0.463. The van der Waals surface area contributed by atoms with Gasteiger partial charge in [0, 0.05) is 13.2 Å². The van der Waals surface area contributed by atoms with Gasteiger partial charge in [0.1, 0.15) is 5.25 Å². The van der Waals surface area contributed by atoms with Crippen LogP contribution < -0.4 is 11.1 Å². The number of amides is 1. The number of carbonyl (C=O) groups is 1. The van der Waals surface area contributed by atoms with Crippen LogP contribution in [0.4, 0.5) is 5.13 Å². The first-order chi connectivity index (χ1) is 11.2. The lowest BCUT2D eigenvalue weighted by molar-refractivity contribution is -0.117. The highest BCUT2D eigenvalue weighted by atomic mass is 32.2. The third kappa shape index (κ3) is 4.43. The van der Waals surface area contributed by atoms with Gasteiger partial charge in [0.2, 0.25) is 11.0 Å². The molecule has 0 radical (unpaired) electrons. The van der Waals surface area contributed by atoms with Crippen LogP contribution in [-0.2, 0) is 9.53 Å². The molecule has 3 rings (SSSR count). The van der Waals surface area contributed by atoms with Gasteiger partial charge in [-0.3, -0.25) is 4.79 Å². The Morgan fingerprint density at radius 1 is 1.43 bits per heavy atom. The highest BCUT2D eigenvalue weighted by Gasteiger charge is 2.22. The van der Waals surface area contributed by atoms with Gasteiger partial charge in [-0.2, -0.15) is 0 Å². The molecule has 1 amide bonds. The van der Waals surface area contributed by atoms with Gasteiger partial charge >= 0.3 is 0 Å². The summed E-state index contributed by atoms with van der Waals surface area (Å²) in [6, 6.07) is 9.46. The molecule has 0 saturated carbocycles. The SMILES string of the molecule is NC(=O)C(Sc1nnc(NCC2CCCO2)s1)c1ccccc1. The Morgan fingerprint density at radius 3 is 2.96 bits per heavy atom. The third-order valence-corrected chi connectivity index (χ3v) is 5.73. The van der Waals surface area contributed by atoms with Crippen LogP contribution in [-0.4, -0.2) is 35.4 Å². The molecular weight excluding hydrogens is 332 g/mol. The first-order valence-corrected chi connectivity index (χ1v) is 9.12. The predicted molar refractivity (Wildman–Crippen MR) is 91.6 cm³/mol. The predicted octanol–water partition coefficient (Wildman–Crippen LogP) is 2.45. The van der Waals surface area contributed by atoms with Crippen LogP contribution in [0.3, 0.4) is 0 Å². The van der Waals surface area contributed by atoms with Crippen LogP contribution >= 0.6 is 23.1 Å². The van der Waals surface area contributed by atoms with E-state index in [4.69, 9.17) is 10.5 Å². The van der Waals surface area contributed by atoms with Gasteiger partial charge in [-0.1, -0.05) is 53.4 Å². The normalized spacial score (nSPS) is 18.7. The van der Waals surface area contributed by atoms with E-state index in [0.717, 1.165) is 36.7 Å². The summed E-state index contributed by atoms with van der Waals surface area (Å²) in [6.07, 6.45) is 2.43. The molecule has 0 aliphatic carbocycles. The highest BCUT2D eigenvalue weighted by Crippen LogP contribution is 2.37. The van der Waals surface area contributed by atoms with E-state index in [9.17, 15) is 4.79 Å². The number of anilines is 1. The van der Waals surface area contributed by atoms with Crippen molar-refractivity contribution >= 4 is 34.1 Å². The second-order valence-corrected chi connectivity index (χ2v) is 7.53. The monoisotopic (exact) mass is 350 g/mol. The molecule has 2 unspecified atom stereocenters. The highest BCUT2D eigenvalue weighted by molar-refractivity contribution is 8.01. The molecule has 2 atom stereocenters. The number of nitrogens with one attached hydrogen (secondary N) is 1. The Kier molecular flexibility index (Phi) is 5.47. The van der Waals surface area contributed by atoms with Gasteiger partial charge in [-0.05, 0) is 18.4 Å². The molecule has 0 bridgehead atoms. The van der Waals surface area contributed by atoms with Crippen molar-refractivity contribution < 1.29 is 9.53 Å². The number of rotatable bonds is 7. The third-order valence-electron chi connectivity index (χ3n) is 3.49. The number of carbonyl (C=O) groups excluding carboxylic acids is 1. The fourth-order valence-corrected chi connectivity index (χ4v) is 4.26. The molecule has 6 nitrogen and oxygen atoms in total. The first-order valence-electron chi connectivity index (χ1n) is 7.42. The standard InChI is InChI=1S/C15H18N4O2S2/c16-13(20)12(10-5-2-1-3-6-10)22-15-19-18-14(23-15)17-9-11-7-4-8-21-11/h1-3,5-6,11-12H,4,7-9H2,(H2,16,20)(H,17,18).